The summed E-state index contributed by atoms with van der Waals surface area (Å²) in [5.74, 6) is -1.44. The summed E-state index contributed by atoms with van der Waals surface area (Å²) in [6, 6.07) is 4.29. The van der Waals surface area contributed by atoms with E-state index in [2.05, 4.69) is 15.0 Å². The first-order chi connectivity index (χ1) is 15.1. The van der Waals surface area contributed by atoms with E-state index >= 15 is 0 Å². The predicted octanol–water partition coefficient (Wildman–Crippen LogP) is 2.71. The molecule has 1 aromatic rings. The van der Waals surface area contributed by atoms with Crippen molar-refractivity contribution in [1.29, 1.82) is 0 Å². The van der Waals surface area contributed by atoms with E-state index in [0.717, 1.165) is 23.9 Å². The van der Waals surface area contributed by atoms with E-state index in [4.69, 9.17) is 4.74 Å². The molecular weight excluding hydrogens is 487 g/mol. The number of halogens is 3. The second kappa shape index (κ2) is 9.05. The van der Waals surface area contributed by atoms with Crippen molar-refractivity contribution in [2.75, 3.05) is 23.0 Å². The summed E-state index contributed by atoms with van der Waals surface area (Å²) in [6.45, 7) is 4.55. The molecule has 3 rings (SSSR count). The molecule has 0 aromatic heterocycles. The summed E-state index contributed by atoms with van der Waals surface area (Å²) in [4.78, 5) is 29.6. The van der Waals surface area contributed by atoms with E-state index in [1.54, 1.807) is 20.8 Å². The van der Waals surface area contributed by atoms with Crippen molar-refractivity contribution in [3.8, 4) is 5.75 Å². The van der Waals surface area contributed by atoms with Gasteiger partial charge in [-0.25, -0.2) is 13.2 Å². The van der Waals surface area contributed by atoms with Crippen LogP contribution in [-0.2, 0) is 19.4 Å². The maximum atomic E-state index is 12.4. The predicted molar refractivity (Wildman–Crippen MR) is 116 cm³/mol. The number of hydrogen-bond donors (Lipinski definition) is 1. The van der Waals surface area contributed by atoms with E-state index in [0.29, 0.717) is 5.69 Å². The van der Waals surface area contributed by atoms with Gasteiger partial charge in [0.1, 0.15) is 17.9 Å². The van der Waals surface area contributed by atoms with Crippen LogP contribution in [-0.4, -0.2) is 66.9 Å². The van der Waals surface area contributed by atoms with Crippen LogP contribution in [0.25, 0.3) is 0 Å². The Balaban J connectivity index is 1.79. The Labute approximate surface area is 192 Å². The summed E-state index contributed by atoms with van der Waals surface area (Å²) in [5, 5.41) is 2.09. The molecule has 2 saturated heterocycles. The molecule has 2 heterocycles. The van der Waals surface area contributed by atoms with Gasteiger partial charge in [0.2, 0.25) is 0 Å². The van der Waals surface area contributed by atoms with Crippen LogP contribution in [0.15, 0.2) is 29.3 Å². The van der Waals surface area contributed by atoms with E-state index in [9.17, 15) is 31.2 Å². The van der Waals surface area contributed by atoms with Gasteiger partial charge in [0.15, 0.2) is 15.0 Å². The van der Waals surface area contributed by atoms with Gasteiger partial charge in [0.25, 0.3) is 5.91 Å². The maximum absolute atomic E-state index is 12.4. The molecule has 2 fully saturated rings. The average molecular weight is 510 g/mol. The van der Waals surface area contributed by atoms with Crippen molar-refractivity contribution in [1.82, 2.24) is 5.32 Å². The Hall–Kier alpha value is -2.48. The zero-order chi connectivity index (χ0) is 24.6. The average Bonchev–Trinajstić information content (AvgIpc) is 3.09. The van der Waals surface area contributed by atoms with Gasteiger partial charge in [-0.1, -0.05) is 11.8 Å². The van der Waals surface area contributed by atoms with Gasteiger partial charge in [-0.15, -0.1) is 13.2 Å². The molecule has 14 heteroatoms. The number of alkyl carbamates (subject to hydrolysis) is 1. The Morgan fingerprint density at radius 3 is 2.39 bits per heavy atom. The second-order valence-electron chi connectivity index (χ2n) is 8.36. The monoisotopic (exact) mass is 509 g/mol. The third kappa shape index (κ3) is 7.00. The number of amidine groups is 1. The van der Waals surface area contributed by atoms with Gasteiger partial charge < -0.3 is 19.7 Å². The van der Waals surface area contributed by atoms with Gasteiger partial charge in [0, 0.05) is 10.9 Å². The number of amides is 2. The molecule has 1 aromatic carbocycles. The van der Waals surface area contributed by atoms with Crippen molar-refractivity contribution >= 4 is 44.5 Å². The van der Waals surface area contributed by atoms with Crippen LogP contribution in [0.4, 0.5) is 23.7 Å². The molecule has 2 aliphatic heterocycles. The quantitative estimate of drug-likeness (QED) is 0.659. The van der Waals surface area contributed by atoms with Gasteiger partial charge in [-0.2, -0.15) is 4.99 Å². The maximum Gasteiger partial charge on any atom is 0.573 e. The largest absolute Gasteiger partial charge is 0.573 e. The lowest BCUT2D eigenvalue weighted by atomic mass is 10.2. The lowest BCUT2D eigenvalue weighted by molar-refractivity contribution is -0.274. The first kappa shape index (κ1) is 25.1. The highest BCUT2D eigenvalue weighted by Gasteiger charge is 2.49. The van der Waals surface area contributed by atoms with Crippen molar-refractivity contribution in [3.63, 3.8) is 0 Å². The third-order valence-electron chi connectivity index (χ3n) is 4.42. The number of anilines is 1. The van der Waals surface area contributed by atoms with Crippen LogP contribution in [0.5, 0.6) is 5.75 Å². The minimum absolute atomic E-state index is 0.114. The standard InChI is InChI=1S/C19H22F3N3O6S2/c1-18(2,3)31-17(27)23-8-15(26)24-16-25(13-9-33(28,29)10-14(13)32-16)11-4-6-12(7-5-11)30-19(20,21)22/h4-7,13-14H,8-10H2,1-3H3,(H,23,27)/t13-,14+/m0/s1. The first-order valence-corrected chi connectivity index (χ1v) is 12.4. The number of sulfone groups is 1. The van der Waals surface area contributed by atoms with E-state index in [1.165, 1.54) is 17.0 Å². The molecule has 2 atom stereocenters. The fraction of sp³-hybridized carbons (Fsp3) is 0.526. The number of alkyl halides is 3. The van der Waals surface area contributed by atoms with E-state index < -0.39 is 57.4 Å². The zero-order valence-electron chi connectivity index (χ0n) is 17.9. The molecular formula is C19H22F3N3O6S2. The topological polar surface area (TPSA) is 114 Å². The Bertz CT molecular complexity index is 1050. The molecule has 9 nitrogen and oxygen atoms in total. The fourth-order valence-corrected chi connectivity index (χ4v) is 7.21. The molecule has 33 heavy (non-hydrogen) atoms. The zero-order valence-corrected chi connectivity index (χ0v) is 19.5. The lowest BCUT2D eigenvalue weighted by Gasteiger charge is -2.24. The van der Waals surface area contributed by atoms with Crippen LogP contribution in [0, 0.1) is 0 Å². The molecule has 0 aliphatic carbocycles. The van der Waals surface area contributed by atoms with Crippen LogP contribution in [0.2, 0.25) is 0 Å². The Morgan fingerprint density at radius 2 is 1.82 bits per heavy atom. The number of carbonyl (C=O) groups is 2. The van der Waals surface area contributed by atoms with Crippen molar-refractivity contribution in [2.24, 2.45) is 4.99 Å². The highest BCUT2D eigenvalue weighted by molar-refractivity contribution is 8.16. The van der Waals surface area contributed by atoms with Crippen molar-refractivity contribution in [3.05, 3.63) is 24.3 Å². The van der Waals surface area contributed by atoms with Crippen LogP contribution in [0.1, 0.15) is 20.8 Å². The molecule has 1 N–H and O–H groups in total. The number of aliphatic imine (C=N–C) groups is 1. The van der Waals surface area contributed by atoms with E-state index in [-0.39, 0.29) is 16.7 Å². The number of nitrogens with one attached hydrogen (secondary N) is 1. The number of ether oxygens (including phenoxy) is 2. The van der Waals surface area contributed by atoms with Gasteiger partial charge in [0.05, 0.1) is 17.5 Å². The molecule has 2 aliphatic rings. The number of rotatable bonds is 4. The summed E-state index contributed by atoms with van der Waals surface area (Å²) in [7, 11) is -3.32. The number of benzene rings is 1. The van der Waals surface area contributed by atoms with Gasteiger partial charge >= 0.3 is 12.5 Å². The molecule has 0 bridgehead atoms. The molecule has 182 valence electrons. The SMILES string of the molecule is CC(C)(C)OC(=O)NCC(=O)N=C1S[C@@H]2CS(=O)(=O)C[C@@H]2N1c1ccc(OC(F)(F)F)cc1. The molecule has 0 unspecified atom stereocenters. The highest BCUT2D eigenvalue weighted by Crippen LogP contribution is 2.41. The fourth-order valence-electron chi connectivity index (χ4n) is 3.28. The summed E-state index contributed by atoms with van der Waals surface area (Å²) >= 11 is 1.09. The lowest BCUT2D eigenvalue weighted by Crippen LogP contribution is -2.38. The van der Waals surface area contributed by atoms with Crippen LogP contribution < -0.4 is 15.0 Å². The van der Waals surface area contributed by atoms with E-state index in [1.807, 2.05) is 0 Å². The third-order valence-corrected chi connectivity index (χ3v) is 7.63. The number of thioether (sulfide) groups is 1. The first-order valence-electron chi connectivity index (χ1n) is 9.72. The number of carbonyl (C=O) groups excluding carboxylic acids is 2. The summed E-state index contributed by atoms with van der Waals surface area (Å²) in [6.07, 6.45) is -5.65. The molecule has 0 spiro atoms. The van der Waals surface area contributed by atoms with Crippen LogP contribution >= 0.6 is 11.8 Å². The summed E-state index contributed by atoms with van der Waals surface area (Å²) < 4.78 is 70.4. The molecule has 0 radical (unpaired) electrons. The Kier molecular flexibility index (Phi) is 6.89. The van der Waals surface area contributed by atoms with Gasteiger partial charge in [-0.3, -0.25) is 4.79 Å². The summed E-state index contributed by atoms with van der Waals surface area (Å²) in [5.41, 5.74) is -0.393. The van der Waals surface area contributed by atoms with Gasteiger partial charge in [-0.05, 0) is 45.0 Å². The van der Waals surface area contributed by atoms with Crippen molar-refractivity contribution < 1.29 is 40.7 Å². The highest BCUT2D eigenvalue weighted by atomic mass is 32.2. The smallest absolute Gasteiger partial charge is 0.444 e. The van der Waals surface area contributed by atoms with Crippen molar-refractivity contribution in [2.45, 2.75) is 44.0 Å². The molecule has 0 saturated carbocycles. The Morgan fingerprint density at radius 1 is 1.18 bits per heavy atom. The minimum Gasteiger partial charge on any atom is -0.444 e. The van der Waals surface area contributed by atoms with Crippen LogP contribution in [0.3, 0.4) is 0 Å². The number of hydrogen-bond acceptors (Lipinski definition) is 7. The number of nitrogens with zero attached hydrogens (tertiary/aromatic N) is 2. The second-order valence-corrected chi connectivity index (χ2v) is 11.7. The molecule has 2 amide bonds. The normalized spacial score (nSPS) is 23.3. The number of fused-ring (bicyclic) bond motifs is 1. The minimum atomic E-state index is -4.85.